The molecule has 0 amide bonds. The fraction of sp³-hybridized carbons (Fsp3) is 0.308. The first-order valence-corrected chi connectivity index (χ1v) is 11.9. The summed E-state index contributed by atoms with van der Waals surface area (Å²) >= 11 is 0. The molecule has 35 heavy (non-hydrogen) atoms. The van der Waals surface area contributed by atoms with Crippen molar-refractivity contribution in [2.75, 3.05) is 11.9 Å². The molecule has 4 heterocycles. The van der Waals surface area contributed by atoms with Crippen molar-refractivity contribution in [3.8, 4) is 5.69 Å². The smallest absolute Gasteiger partial charge is 0.278 e. The molecule has 9 heteroatoms. The molecule has 0 bridgehead atoms. The monoisotopic (exact) mass is 471 g/mol. The Hall–Kier alpha value is -3.85. The summed E-state index contributed by atoms with van der Waals surface area (Å²) in [5, 5.41) is 7.04. The van der Waals surface area contributed by atoms with Crippen LogP contribution >= 0.6 is 0 Å². The van der Waals surface area contributed by atoms with Gasteiger partial charge in [0, 0.05) is 24.6 Å². The number of hydrogen-bond donors (Lipinski definition) is 2. The van der Waals surface area contributed by atoms with Crippen molar-refractivity contribution >= 4 is 22.7 Å². The van der Waals surface area contributed by atoms with E-state index in [2.05, 4.69) is 39.3 Å². The lowest BCUT2D eigenvalue weighted by molar-refractivity contribution is 0.0560. The van der Waals surface area contributed by atoms with Crippen molar-refractivity contribution < 1.29 is 4.39 Å². The number of halogens is 1. The first-order chi connectivity index (χ1) is 17.1. The number of hydrogen-bond acceptors (Lipinski definition) is 6. The molecule has 0 spiro atoms. The highest BCUT2D eigenvalue weighted by atomic mass is 19.1. The first kappa shape index (κ1) is 21.7. The Balaban J connectivity index is 1.44. The summed E-state index contributed by atoms with van der Waals surface area (Å²) in [6.45, 7) is 5.89. The summed E-state index contributed by atoms with van der Waals surface area (Å²) < 4.78 is 18.4. The fourth-order valence-corrected chi connectivity index (χ4v) is 4.86. The minimum Gasteiger partial charge on any atom is -0.324 e. The van der Waals surface area contributed by atoms with Gasteiger partial charge in [0.2, 0.25) is 5.95 Å². The molecule has 0 saturated heterocycles. The van der Waals surface area contributed by atoms with Crippen LogP contribution in [0.4, 0.5) is 16.0 Å². The van der Waals surface area contributed by atoms with E-state index in [9.17, 15) is 4.79 Å². The zero-order chi connectivity index (χ0) is 24.0. The molecule has 1 aliphatic heterocycles. The Kier molecular flexibility index (Phi) is 5.21. The van der Waals surface area contributed by atoms with Crippen LogP contribution in [0.5, 0.6) is 0 Å². The standard InChI is InChI=1S/C26H26FN7O/c1-2-12-33-24(35)21-16-30-25(31-19-5-4-18-15-28-10-6-17(18)13-19)32-23(21)34(33)20-7-11-29-22(14-20)26(27)8-3-9-26/h2,4-5,7,11,13-14,16,28H,1,3,6,8-10,12,15H2,(H,30,31,32). The molecule has 0 atom stereocenters. The van der Waals surface area contributed by atoms with E-state index in [-0.39, 0.29) is 12.1 Å². The van der Waals surface area contributed by atoms with Gasteiger partial charge in [-0.05, 0) is 67.6 Å². The van der Waals surface area contributed by atoms with E-state index in [0.29, 0.717) is 41.2 Å². The van der Waals surface area contributed by atoms with Gasteiger partial charge in [-0.3, -0.25) is 9.78 Å². The number of aromatic nitrogens is 5. The second kappa shape index (κ2) is 8.42. The van der Waals surface area contributed by atoms with E-state index in [1.807, 2.05) is 6.07 Å². The molecular weight excluding hydrogens is 445 g/mol. The predicted octanol–water partition coefficient (Wildman–Crippen LogP) is 3.90. The molecule has 1 aromatic carbocycles. The summed E-state index contributed by atoms with van der Waals surface area (Å²) in [6, 6.07) is 9.70. The zero-order valence-electron chi connectivity index (χ0n) is 19.3. The normalized spacial score (nSPS) is 16.5. The Morgan fingerprint density at radius 1 is 1.20 bits per heavy atom. The average Bonchev–Trinajstić information content (AvgIpc) is 3.13. The van der Waals surface area contributed by atoms with Crippen LogP contribution in [0.25, 0.3) is 16.7 Å². The van der Waals surface area contributed by atoms with E-state index >= 15 is 4.39 Å². The lowest BCUT2D eigenvalue weighted by Gasteiger charge is -2.33. The van der Waals surface area contributed by atoms with Crippen molar-refractivity contribution in [2.45, 2.75) is 44.4 Å². The molecule has 2 aliphatic rings. The van der Waals surface area contributed by atoms with Crippen LogP contribution in [0.15, 0.2) is 60.2 Å². The number of nitrogens with zero attached hydrogens (tertiary/aromatic N) is 5. The van der Waals surface area contributed by atoms with Crippen molar-refractivity contribution in [1.82, 2.24) is 29.6 Å². The Labute approximate surface area is 201 Å². The average molecular weight is 472 g/mol. The molecule has 2 N–H and O–H groups in total. The van der Waals surface area contributed by atoms with E-state index in [0.717, 1.165) is 31.6 Å². The zero-order valence-corrected chi connectivity index (χ0v) is 19.3. The molecule has 1 fully saturated rings. The second-order valence-corrected chi connectivity index (χ2v) is 9.17. The summed E-state index contributed by atoms with van der Waals surface area (Å²) in [4.78, 5) is 26.6. The number of benzene rings is 1. The Bertz CT molecular complexity index is 1500. The van der Waals surface area contributed by atoms with E-state index in [4.69, 9.17) is 4.98 Å². The number of nitrogens with one attached hydrogen (secondary N) is 2. The first-order valence-electron chi connectivity index (χ1n) is 11.9. The van der Waals surface area contributed by atoms with Crippen LogP contribution in [0.1, 0.15) is 36.1 Å². The largest absolute Gasteiger partial charge is 0.324 e. The molecule has 178 valence electrons. The molecule has 6 rings (SSSR count). The lowest BCUT2D eigenvalue weighted by atomic mass is 9.79. The number of anilines is 2. The highest BCUT2D eigenvalue weighted by molar-refractivity contribution is 5.77. The van der Waals surface area contributed by atoms with Crippen LogP contribution < -0.4 is 16.2 Å². The van der Waals surface area contributed by atoms with Crippen molar-refractivity contribution in [2.24, 2.45) is 0 Å². The topological polar surface area (TPSA) is 89.7 Å². The summed E-state index contributed by atoms with van der Waals surface area (Å²) in [5.41, 5.74) is 3.28. The van der Waals surface area contributed by atoms with Crippen LogP contribution in [-0.2, 0) is 25.2 Å². The number of rotatable bonds is 6. The maximum absolute atomic E-state index is 15.1. The van der Waals surface area contributed by atoms with Gasteiger partial charge in [-0.1, -0.05) is 12.1 Å². The lowest BCUT2D eigenvalue weighted by Crippen LogP contribution is -2.30. The summed E-state index contributed by atoms with van der Waals surface area (Å²) in [7, 11) is 0. The minimum absolute atomic E-state index is 0.232. The molecule has 1 saturated carbocycles. The molecule has 8 nitrogen and oxygen atoms in total. The third kappa shape index (κ3) is 3.72. The Morgan fingerprint density at radius 2 is 2.09 bits per heavy atom. The van der Waals surface area contributed by atoms with Gasteiger partial charge in [-0.2, -0.15) is 4.98 Å². The number of pyridine rings is 1. The molecule has 4 aromatic rings. The fourth-order valence-electron chi connectivity index (χ4n) is 4.86. The molecule has 3 aromatic heterocycles. The van der Waals surface area contributed by atoms with E-state index < -0.39 is 5.67 Å². The summed E-state index contributed by atoms with van der Waals surface area (Å²) in [6.07, 6.45) is 7.50. The predicted molar refractivity (Wildman–Crippen MR) is 133 cm³/mol. The molecular formula is C26H26FN7O. The van der Waals surface area contributed by atoms with Gasteiger partial charge in [-0.15, -0.1) is 6.58 Å². The van der Waals surface area contributed by atoms with Crippen LogP contribution in [0, 0.1) is 0 Å². The Morgan fingerprint density at radius 3 is 2.89 bits per heavy atom. The van der Waals surface area contributed by atoms with Crippen LogP contribution in [0.2, 0.25) is 0 Å². The minimum atomic E-state index is -1.41. The SMILES string of the molecule is C=CCn1c(=O)c2cnc(Nc3ccc4c(c3)CCNC4)nc2n1-c1ccnc(C2(F)CCC2)c1. The molecule has 1 aliphatic carbocycles. The van der Waals surface area contributed by atoms with E-state index in [1.54, 1.807) is 29.1 Å². The van der Waals surface area contributed by atoms with Gasteiger partial charge in [0.25, 0.3) is 5.56 Å². The van der Waals surface area contributed by atoms with Crippen molar-refractivity contribution in [3.05, 3.63) is 82.6 Å². The highest BCUT2D eigenvalue weighted by Gasteiger charge is 2.40. The van der Waals surface area contributed by atoms with Crippen molar-refractivity contribution in [1.29, 1.82) is 0 Å². The summed E-state index contributed by atoms with van der Waals surface area (Å²) in [5.74, 6) is 0.381. The van der Waals surface area contributed by atoms with Crippen LogP contribution in [-0.4, -0.2) is 30.9 Å². The van der Waals surface area contributed by atoms with E-state index in [1.165, 1.54) is 22.0 Å². The van der Waals surface area contributed by atoms with Gasteiger partial charge in [0.15, 0.2) is 11.3 Å². The number of allylic oxidation sites excluding steroid dienone is 1. The van der Waals surface area contributed by atoms with Crippen LogP contribution in [0.3, 0.4) is 0 Å². The third-order valence-electron chi connectivity index (χ3n) is 6.92. The molecule has 0 unspecified atom stereocenters. The van der Waals surface area contributed by atoms with Gasteiger partial charge in [-0.25, -0.2) is 18.7 Å². The highest BCUT2D eigenvalue weighted by Crippen LogP contribution is 2.44. The quantitative estimate of drug-likeness (QED) is 0.415. The van der Waals surface area contributed by atoms with Gasteiger partial charge in [0.1, 0.15) is 5.39 Å². The maximum Gasteiger partial charge on any atom is 0.278 e. The van der Waals surface area contributed by atoms with Gasteiger partial charge >= 0.3 is 0 Å². The maximum atomic E-state index is 15.1. The van der Waals surface area contributed by atoms with Gasteiger partial charge in [0.05, 0.1) is 17.9 Å². The second-order valence-electron chi connectivity index (χ2n) is 9.17. The number of fused-ring (bicyclic) bond motifs is 2. The molecule has 0 radical (unpaired) electrons. The third-order valence-corrected chi connectivity index (χ3v) is 6.92. The van der Waals surface area contributed by atoms with Gasteiger partial charge < -0.3 is 10.6 Å². The van der Waals surface area contributed by atoms with Crippen molar-refractivity contribution in [3.63, 3.8) is 0 Å². The number of alkyl halides is 1.